The minimum absolute atomic E-state index is 0.00993. The van der Waals surface area contributed by atoms with Crippen LogP contribution in [0, 0.1) is 0 Å². The number of ketones is 1. The normalized spacial score (nSPS) is 13.5. The maximum atomic E-state index is 13.0. The van der Waals surface area contributed by atoms with E-state index in [1.165, 1.54) is 11.3 Å². The summed E-state index contributed by atoms with van der Waals surface area (Å²) < 4.78 is 1.64. The molecule has 0 aliphatic carbocycles. The lowest BCUT2D eigenvalue weighted by Crippen LogP contribution is -2.51. The quantitative estimate of drug-likeness (QED) is 0.284. The number of fused-ring (bicyclic) bond motifs is 1. The number of carbonyl (C=O) groups is 3. The van der Waals surface area contributed by atoms with Gasteiger partial charge in [-0.25, -0.2) is 4.98 Å². The van der Waals surface area contributed by atoms with Crippen LogP contribution in [0.25, 0.3) is 21.5 Å². The van der Waals surface area contributed by atoms with Gasteiger partial charge in [-0.1, -0.05) is 24.3 Å². The molecule has 2 aromatic carbocycles. The highest BCUT2D eigenvalue weighted by molar-refractivity contribution is 7.13. The van der Waals surface area contributed by atoms with Crippen molar-refractivity contribution in [2.45, 2.75) is 13.0 Å². The Labute approximate surface area is 234 Å². The SMILES string of the molecule is O=C(Cc1ccc2nn(CC(=O)N3CCN(C(=O)c4ccccc4)CC3)cc2c1)c1csc(-c2ccncc2)n1. The van der Waals surface area contributed by atoms with Crippen LogP contribution in [0.3, 0.4) is 0 Å². The monoisotopic (exact) mass is 550 g/mol. The fourth-order valence-corrected chi connectivity index (χ4v) is 5.61. The van der Waals surface area contributed by atoms with Crippen molar-refractivity contribution in [3.63, 3.8) is 0 Å². The van der Waals surface area contributed by atoms with Crippen molar-refractivity contribution in [1.29, 1.82) is 0 Å². The number of amides is 2. The summed E-state index contributed by atoms with van der Waals surface area (Å²) in [5.41, 5.74) is 3.67. The molecule has 200 valence electrons. The van der Waals surface area contributed by atoms with Crippen LogP contribution < -0.4 is 0 Å². The van der Waals surface area contributed by atoms with Crippen LogP contribution in [-0.2, 0) is 17.8 Å². The third-order valence-electron chi connectivity index (χ3n) is 6.94. The lowest BCUT2D eigenvalue weighted by Gasteiger charge is -2.34. The van der Waals surface area contributed by atoms with Crippen LogP contribution >= 0.6 is 11.3 Å². The molecule has 5 aromatic rings. The number of pyridine rings is 1. The van der Waals surface area contributed by atoms with Gasteiger partial charge in [-0.2, -0.15) is 5.10 Å². The first-order valence-corrected chi connectivity index (χ1v) is 13.9. The van der Waals surface area contributed by atoms with E-state index in [1.807, 2.05) is 66.9 Å². The van der Waals surface area contributed by atoms with Gasteiger partial charge in [-0.05, 0) is 42.0 Å². The smallest absolute Gasteiger partial charge is 0.253 e. The van der Waals surface area contributed by atoms with Gasteiger partial charge in [0, 0.05) is 73.1 Å². The fraction of sp³-hybridized carbons (Fsp3) is 0.200. The zero-order valence-electron chi connectivity index (χ0n) is 21.6. The van der Waals surface area contributed by atoms with Crippen molar-refractivity contribution < 1.29 is 14.4 Å². The van der Waals surface area contributed by atoms with Gasteiger partial charge in [0.25, 0.3) is 5.91 Å². The molecule has 9 nitrogen and oxygen atoms in total. The molecule has 1 aliphatic heterocycles. The average molecular weight is 551 g/mol. The molecule has 1 aliphatic rings. The van der Waals surface area contributed by atoms with E-state index in [4.69, 9.17) is 0 Å². The largest absolute Gasteiger partial charge is 0.338 e. The molecule has 0 atom stereocenters. The standard InChI is InChI=1S/C30H26N6O3S/c37-27(26-20-40-29(32-26)22-8-10-31-11-9-22)17-21-6-7-25-24(16-21)18-36(33-25)19-28(38)34-12-14-35(15-13-34)30(39)23-4-2-1-3-5-23/h1-11,16,18,20H,12-15,17,19H2. The predicted octanol–water partition coefficient (Wildman–Crippen LogP) is 3.96. The molecule has 40 heavy (non-hydrogen) atoms. The van der Waals surface area contributed by atoms with Crippen LogP contribution in [0.1, 0.15) is 26.4 Å². The van der Waals surface area contributed by atoms with E-state index >= 15 is 0 Å². The number of rotatable bonds is 7. The minimum Gasteiger partial charge on any atom is -0.338 e. The Kier molecular flexibility index (Phi) is 7.15. The fourth-order valence-electron chi connectivity index (χ4n) is 4.78. The van der Waals surface area contributed by atoms with Crippen LogP contribution in [0.4, 0.5) is 0 Å². The van der Waals surface area contributed by atoms with Crippen molar-refractivity contribution in [2.75, 3.05) is 26.2 Å². The van der Waals surface area contributed by atoms with E-state index in [1.54, 1.807) is 32.3 Å². The highest BCUT2D eigenvalue weighted by Crippen LogP contribution is 2.24. The maximum Gasteiger partial charge on any atom is 0.253 e. The van der Waals surface area contributed by atoms with Crippen LogP contribution in [0.15, 0.2) is 84.6 Å². The number of carbonyl (C=O) groups excluding carboxylic acids is 3. The minimum atomic E-state index is -0.0524. The Morgan fingerprint density at radius 2 is 1.62 bits per heavy atom. The summed E-state index contributed by atoms with van der Waals surface area (Å²) in [5, 5.41) is 7.99. The molecule has 6 rings (SSSR count). The van der Waals surface area contributed by atoms with Crippen molar-refractivity contribution in [3.8, 4) is 10.6 Å². The van der Waals surface area contributed by atoms with Crippen LogP contribution in [0.5, 0.6) is 0 Å². The van der Waals surface area contributed by atoms with Crippen LogP contribution in [-0.4, -0.2) is 73.3 Å². The molecule has 0 unspecified atom stereocenters. The summed E-state index contributed by atoms with van der Waals surface area (Å²) in [6, 6.07) is 18.6. The summed E-state index contributed by atoms with van der Waals surface area (Å²) in [6.45, 7) is 2.10. The van der Waals surface area contributed by atoms with Crippen LogP contribution in [0.2, 0.25) is 0 Å². The third kappa shape index (κ3) is 5.52. The number of aromatic nitrogens is 4. The predicted molar refractivity (Wildman–Crippen MR) is 152 cm³/mol. The van der Waals surface area contributed by atoms with E-state index < -0.39 is 0 Å². The molecule has 1 saturated heterocycles. The molecule has 2 amide bonds. The van der Waals surface area contributed by atoms with Crippen molar-refractivity contribution in [1.82, 2.24) is 29.5 Å². The third-order valence-corrected chi connectivity index (χ3v) is 7.83. The molecule has 0 radical (unpaired) electrons. The first-order valence-electron chi connectivity index (χ1n) is 13.0. The second-order valence-corrected chi connectivity index (χ2v) is 10.5. The van der Waals surface area contributed by atoms with Gasteiger partial charge in [0.2, 0.25) is 5.91 Å². The zero-order chi connectivity index (χ0) is 27.5. The summed E-state index contributed by atoms with van der Waals surface area (Å²) in [6.07, 6.45) is 5.47. The molecule has 0 saturated carbocycles. The lowest BCUT2D eigenvalue weighted by molar-refractivity contribution is -0.133. The van der Waals surface area contributed by atoms with Gasteiger partial charge in [-0.15, -0.1) is 11.3 Å². The zero-order valence-corrected chi connectivity index (χ0v) is 22.5. The Morgan fingerprint density at radius 3 is 2.40 bits per heavy atom. The number of thiazole rings is 1. The van der Waals surface area contributed by atoms with Gasteiger partial charge < -0.3 is 9.80 Å². The van der Waals surface area contributed by atoms with E-state index in [9.17, 15) is 14.4 Å². The number of nitrogens with zero attached hydrogens (tertiary/aromatic N) is 6. The molecule has 3 aromatic heterocycles. The van der Waals surface area contributed by atoms with Gasteiger partial charge in [0.05, 0.1) is 5.52 Å². The molecular weight excluding hydrogens is 524 g/mol. The Bertz CT molecular complexity index is 1670. The van der Waals surface area contributed by atoms with E-state index in [-0.39, 0.29) is 30.6 Å². The Balaban J connectivity index is 1.06. The highest BCUT2D eigenvalue weighted by Gasteiger charge is 2.25. The van der Waals surface area contributed by atoms with Crippen molar-refractivity contribution in [2.24, 2.45) is 0 Å². The molecule has 0 bridgehead atoms. The van der Waals surface area contributed by atoms with Crippen molar-refractivity contribution in [3.05, 3.63) is 101 Å². The molecular formula is C30H26N6O3S. The second-order valence-electron chi connectivity index (χ2n) is 9.63. The topological polar surface area (TPSA) is 101 Å². The summed E-state index contributed by atoms with van der Waals surface area (Å²) in [4.78, 5) is 50.7. The first kappa shape index (κ1) is 25.6. The number of benzene rings is 2. The molecule has 1 fully saturated rings. The Morgan fingerprint density at radius 1 is 0.875 bits per heavy atom. The average Bonchev–Trinajstić information content (AvgIpc) is 3.65. The van der Waals surface area contributed by atoms with Crippen molar-refractivity contribution >= 4 is 39.8 Å². The van der Waals surface area contributed by atoms with Gasteiger partial charge in [0.15, 0.2) is 5.78 Å². The molecule has 0 spiro atoms. The van der Waals surface area contributed by atoms with Gasteiger partial charge in [0.1, 0.15) is 17.2 Å². The van der Waals surface area contributed by atoms with E-state index in [0.717, 1.165) is 27.0 Å². The molecule has 4 heterocycles. The highest BCUT2D eigenvalue weighted by atomic mass is 32.1. The molecule has 0 N–H and O–H groups in total. The summed E-state index contributed by atoms with van der Waals surface area (Å²) in [7, 11) is 0. The summed E-state index contributed by atoms with van der Waals surface area (Å²) in [5.74, 6) is -0.101. The van der Waals surface area contributed by atoms with Gasteiger partial charge >= 0.3 is 0 Å². The number of hydrogen-bond donors (Lipinski definition) is 0. The Hall–Kier alpha value is -4.70. The number of piperazine rings is 1. The lowest BCUT2D eigenvalue weighted by atomic mass is 10.1. The molecule has 10 heteroatoms. The van der Waals surface area contributed by atoms with Gasteiger partial charge in [-0.3, -0.25) is 24.0 Å². The maximum absolute atomic E-state index is 13.0. The number of Topliss-reactive ketones (excluding diaryl/α,β-unsaturated/α-hetero) is 1. The number of hydrogen-bond acceptors (Lipinski definition) is 7. The van der Waals surface area contributed by atoms with E-state index in [2.05, 4.69) is 15.1 Å². The van der Waals surface area contributed by atoms with E-state index in [0.29, 0.717) is 37.4 Å². The second kappa shape index (κ2) is 11.2. The first-order chi connectivity index (χ1) is 19.5. The summed E-state index contributed by atoms with van der Waals surface area (Å²) >= 11 is 1.44.